The molecule has 5 nitrogen and oxygen atoms in total. The van der Waals surface area contributed by atoms with Gasteiger partial charge in [-0.2, -0.15) is 0 Å². The lowest BCUT2D eigenvalue weighted by Gasteiger charge is -2.24. The minimum Gasteiger partial charge on any atom is -0.450 e. The summed E-state index contributed by atoms with van der Waals surface area (Å²) in [5.41, 5.74) is 0. The van der Waals surface area contributed by atoms with E-state index in [2.05, 4.69) is 20.7 Å². The molecule has 0 saturated heterocycles. The summed E-state index contributed by atoms with van der Waals surface area (Å²) in [6.45, 7) is 0.120. The van der Waals surface area contributed by atoms with Crippen LogP contribution in [0.1, 0.15) is 31.4 Å². The molecule has 7 heteroatoms. The number of rotatable bonds is 6. The maximum atomic E-state index is 12.0. The van der Waals surface area contributed by atoms with Crippen molar-refractivity contribution in [2.45, 2.75) is 37.2 Å². The molecule has 0 bridgehead atoms. The Morgan fingerprint density at radius 3 is 2.72 bits per heavy atom. The lowest BCUT2D eigenvalue weighted by atomic mass is 9.83. The van der Waals surface area contributed by atoms with Crippen molar-refractivity contribution in [3.8, 4) is 0 Å². The van der Waals surface area contributed by atoms with Crippen LogP contribution < -0.4 is 4.72 Å². The van der Waals surface area contributed by atoms with Gasteiger partial charge in [-0.25, -0.2) is 13.1 Å². The third kappa shape index (κ3) is 3.14. The number of nitrogens with one attached hydrogen (secondary N) is 1. The number of aliphatic hydroxyl groups excluding tert-OH is 1. The zero-order chi connectivity index (χ0) is 13.2. The number of furan rings is 1. The van der Waals surface area contributed by atoms with E-state index in [4.69, 9.17) is 9.52 Å². The van der Waals surface area contributed by atoms with Gasteiger partial charge in [0.05, 0.1) is 0 Å². The monoisotopic (exact) mass is 337 g/mol. The molecule has 0 radical (unpaired) electrons. The molecule has 0 atom stereocenters. The molecule has 1 aromatic heterocycles. The van der Waals surface area contributed by atoms with E-state index < -0.39 is 10.0 Å². The molecule has 0 unspecified atom stereocenters. The second-order valence-electron chi connectivity index (χ2n) is 4.49. The Morgan fingerprint density at radius 1 is 1.50 bits per heavy atom. The van der Waals surface area contributed by atoms with Crippen LogP contribution in [0.25, 0.3) is 0 Å². The van der Waals surface area contributed by atoms with Gasteiger partial charge in [0.15, 0.2) is 4.67 Å². The van der Waals surface area contributed by atoms with Crippen molar-refractivity contribution in [2.24, 2.45) is 5.92 Å². The Morgan fingerprint density at radius 2 is 2.22 bits per heavy atom. The Balaban J connectivity index is 1.97. The smallest absolute Gasteiger partial charge is 0.244 e. The molecule has 1 aromatic rings. The van der Waals surface area contributed by atoms with Crippen molar-refractivity contribution in [2.75, 3.05) is 6.54 Å². The average Bonchev–Trinajstić information content (AvgIpc) is 2.64. The van der Waals surface area contributed by atoms with Crippen LogP contribution in [0.5, 0.6) is 0 Å². The predicted octanol–water partition coefficient (Wildman–Crippen LogP) is 2.00. The molecule has 1 aliphatic carbocycles. The van der Waals surface area contributed by atoms with Crippen LogP contribution in [0.4, 0.5) is 0 Å². The van der Waals surface area contributed by atoms with Crippen LogP contribution in [0.3, 0.4) is 0 Å². The van der Waals surface area contributed by atoms with Gasteiger partial charge in [0.25, 0.3) is 0 Å². The molecule has 0 amide bonds. The maximum Gasteiger partial charge on any atom is 0.244 e. The first kappa shape index (κ1) is 14.0. The van der Waals surface area contributed by atoms with E-state index in [-0.39, 0.29) is 21.9 Å². The van der Waals surface area contributed by atoms with Crippen molar-refractivity contribution >= 4 is 26.0 Å². The zero-order valence-electron chi connectivity index (χ0n) is 9.86. The standard InChI is InChI=1S/C11H16BrNO4S/c12-11-10(6-9(7-14)17-11)18(15,16)13-5-4-8-2-1-3-8/h6,8,13-14H,1-5,7H2. The van der Waals surface area contributed by atoms with E-state index in [9.17, 15) is 8.42 Å². The summed E-state index contributed by atoms with van der Waals surface area (Å²) in [6.07, 6.45) is 4.53. The molecule has 0 spiro atoms. The number of hydrogen-bond donors (Lipinski definition) is 2. The van der Waals surface area contributed by atoms with Gasteiger partial charge in [0.1, 0.15) is 17.3 Å². The van der Waals surface area contributed by atoms with Gasteiger partial charge in [-0.3, -0.25) is 0 Å². The lowest BCUT2D eigenvalue weighted by molar-refractivity contribution is 0.245. The largest absolute Gasteiger partial charge is 0.450 e. The number of sulfonamides is 1. The summed E-state index contributed by atoms with van der Waals surface area (Å²) < 4.78 is 31.7. The van der Waals surface area contributed by atoms with Gasteiger partial charge >= 0.3 is 0 Å². The molecule has 2 N–H and O–H groups in total. The van der Waals surface area contributed by atoms with Crippen LogP contribution in [0.2, 0.25) is 0 Å². The highest BCUT2D eigenvalue weighted by Crippen LogP contribution is 2.29. The van der Waals surface area contributed by atoms with Gasteiger partial charge < -0.3 is 9.52 Å². The summed E-state index contributed by atoms with van der Waals surface area (Å²) in [7, 11) is -3.56. The molecular formula is C11H16BrNO4S. The van der Waals surface area contributed by atoms with Crippen molar-refractivity contribution < 1.29 is 17.9 Å². The third-order valence-electron chi connectivity index (χ3n) is 3.22. The van der Waals surface area contributed by atoms with E-state index >= 15 is 0 Å². The normalized spacial score (nSPS) is 16.8. The Hall–Kier alpha value is -0.370. The Labute approximate surface area is 115 Å². The van der Waals surface area contributed by atoms with E-state index in [0.29, 0.717) is 12.5 Å². The molecule has 1 heterocycles. The molecule has 102 valence electrons. The van der Waals surface area contributed by atoms with Gasteiger partial charge in [-0.1, -0.05) is 19.3 Å². The third-order valence-corrected chi connectivity index (χ3v) is 5.54. The van der Waals surface area contributed by atoms with Crippen LogP contribution in [0.15, 0.2) is 20.0 Å². The quantitative estimate of drug-likeness (QED) is 0.832. The Kier molecular flexibility index (Phi) is 4.47. The number of hydrogen-bond acceptors (Lipinski definition) is 4. The van der Waals surface area contributed by atoms with Crippen LogP contribution in [-0.2, 0) is 16.6 Å². The first-order chi connectivity index (χ1) is 8.53. The highest BCUT2D eigenvalue weighted by Gasteiger charge is 2.23. The molecule has 1 aliphatic rings. The van der Waals surface area contributed by atoms with Crippen LogP contribution in [0, 0.1) is 5.92 Å². The summed E-state index contributed by atoms with van der Waals surface area (Å²) >= 11 is 3.04. The van der Waals surface area contributed by atoms with Crippen LogP contribution >= 0.6 is 15.9 Å². The zero-order valence-corrected chi connectivity index (χ0v) is 12.3. The fourth-order valence-electron chi connectivity index (χ4n) is 1.92. The minimum absolute atomic E-state index is 0.0418. The van der Waals surface area contributed by atoms with Gasteiger partial charge in [0.2, 0.25) is 10.0 Å². The summed E-state index contributed by atoms with van der Waals surface area (Å²) in [4.78, 5) is 0.0418. The fourth-order valence-corrected chi connectivity index (χ4v) is 3.96. The van der Waals surface area contributed by atoms with Crippen molar-refractivity contribution in [3.05, 3.63) is 16.5 Å². The molecule has 18 heavy (non-hydrogen) atoms. The molecule has 2 rings (SSSR count). The molecule has 0 aromatic carbocycles. The maximum absolute atomic E-state index is 12.0. The van der Waals surface area contributed by atoms with E-state index in [0.717, 1.165) is 6.42 Å². The van der Waals surface area contributed by atoms with Gasteiger partial charge in [-0.05, 0) is 28.3 Å². The van der Waals surface area contributed by atoms with Crippen molar-refractivity contribution in [1.29, 1.82) is 0 Å². The topological polar surface area (TPSA) is 79.5 Å². The second kappa shape index (κ2) is 5.73. The first-order valence-corrected chi connectivity index (χ1v) is 8.19. The molecular weight excluding hydrogens is 322 g/mol. The van der Waals surface area contributed by atoms with E-state index in [1.54, 1.807) is 0 Å². The minimum atomic E-state index is -3.56. The number of halogens is 1. The van der Waals surface area contributed by atoms with Crippen molar-refractivity contribution in [1.82, 2.24) is 4.72 Å². The average molecular weight is 338 g/mol. The molecule has 1 fully saturated rings. The summed E-state index contributed by atoms with van der Waals surface area (Å²) in [6, 6.07) is 1.33. The molecule has 1 saturated carbocycles. The van der Waals surface area contributed by atoms with Crippen molar-refractivity contribution in [3.63, 3.8) is 0 Å². The summed E-state index contributed by atoms with van der Waals surface area (Å²) in [5, 5.41) is 8.90. The summed E-state index contributed by atoms with van der Waals surface area (Å²) in [5.74, 6) is 0.884. The molecule has 0 aliphatic heterocycles. The van der Waals surface area contributed by atoms with E-state index in [1.165, 1.54) is 25.3 Å². The fraction of sp³-hybridized carbons (Fsp3) is 0.636. The number of aliphatic hydroxyl groups is 1. The second-order valence-corrected chi connectivity index (χ2v) is 6.95. The predicted molar refractivity (Wildman–Crippen MR) is 69.5 cm³/mol. The lowest BCUT2D eigenvalue weighted by Crippen LogP contribution is -2.27. The SMILES string of the molecule is O=S(=O)(NCCC1CCC1)c1cc(CO)oc1Br. The highest BCUT2D eigenvalue weighted by atomic mass is 79.9. The van der Waals surface area contributed by atoms with Gasteiger partial charge in [-0.15, -0.1) is 0 Å². The van der Waals surface area contributed by atoms with Gasteiger partial charge in [0, 0.05) is 12.6 Å². The van der Waals surface area contributed by atoms with E-state index in [1.807, 2.05) is 0 Å². The highest BCUT2D eigenvalue weighted by molar-refractivity contribution is 9.10. The first-order valence-electron chi connectivity index (χ1n) is 5.91. The Bertz CT molecular complexity index is 507. The van der Waals surface area contributed by atoms with Crippen LogP contribution in [-0.4, -0.2) is 20.1 Å².